The van der Waals surface area contributed by atoms with Crippen molar-refractivity contribution in [3.8, 4) is 0 Å². The highest BCUT2D eigenvalue weighted by atomic mass is 32.2. The number of piperazine rings is 1. The first kappa shape index (κ1) is 25.3. The minimum Gasteiger partial charge on any atom is -0.342 e. The topological polar surface area (TPSA) is 98.3 Å². The molecule has 10 heteroatoms. The first-order chi connectivity index (χ1) is 15.7. The molecule has 0 radical (unpaired) electrons. The van der Waals surface area contributed by atoms with Gasteiger partial charge in [-0.25, -0.2) is 12.7 Å². The largest absolute Gasteiger partial charge is 0.342 e. The van der Waals surface area contributed by atoms with Gasteiger partial charge in [-0.3, -0.25) is 19.3 Å². The molecular formula is C23H34N4O5S. The summed E-state index contributed by atoms with van der Waals surface area (Å²) in [7, 11) is -2.18. The molecule has 182 valence electrons. The highest BCUT2D eigenvalue weighted by molar-refractivity contribution is 7.89. The van der Waals surface area contributed by atoms with E-state index in [4.69, 9.17) is 0 Å². The van der Waals surface area contributed by atoms with Crippen molar-refractivity contribution in [2.75, 3.05) is 59.4 Å². The zero-order valence-electron chi connectivity index (χ0n) is 19.5. The third-order valence-electron chi connectivity index (χ3n) is 6.38. The number of hydrogen-bond acceptors (Lipinski definition) is 6. The van der Waals surface area contributed by atoms with Crippen LogP contribution in [0.25, 0.3) is 0 Å². The molecule has 2 aliphatic heterocycles. The van der Waals surface area contributed by atoms with Gasteiger partial charge in [-0.2, -0.15) is 0 Å². The van der Waals surface area contributed by atoms with Crippen LogP contribution in [-0.2, 0) is 19.6 Å². The van der Waals surface area contributed by atoms with Gasteiger partial charge < -0.3 is 9.80 Å². The van der Waals surface area contributed by atoms with E-state index in [0.717, 1.165) is 25.9 Å². The van der Waals surface area contributed by atoms with Gasteiger partial charge in [0.05, 0.1) is 11.4 Å². The molecule has 3 rings (SSSR count). The van der Waals surface area contributed by atoms with Gasteiger partial charge in [0.15, 0.2) is 5.78 Å². The third kappa shape index (κ3) is 6.61. The van der Waals surface area contributed by atoms with Crippen molar-refractivity contribution in [1.82, 2.24) is 19.0 Å². The number of rotatable bonds is 9. The maximum Gasteiger partial charge on any atom is 0.242 e. The van der Waals surface area contributed by atoms with E-state index in [1.807, 2.05) is 4.90 Å². The van der Waals surface area contributed by atoms with Crippen LogP contribution in [0.4, 0.5) is 0 Å². The van der Waals surface area contributed by atoms with Crippen LogP contribution in [-0.4, -0.2) is 104 Å². The van der Waals surface area contributed by atoms with E-state index in [2.05, 4.69) is 4.90 Å². The number of ketones is 1. The van der Waals surface area contributed by atoms with Gasteiger partial charge in [0, 0.05) is 64.8 Å². The summed E-state index contributed by atoms with van der Waals surface area (Å²) in [6, 6.07) is 5.87. The van der Waals surface area contributed by atoms with E-state index in [9.17, 15) is 22.8 Å². The second-order valence-electron chi connectivity index (χ2n) is 8.76. The van der Waals surface area contributed by atoms with Crippen molar-refractivity contribution in [3.63, 3.8) is 0 Å². The number of carbonyl (C=O) groups excluding carboxylic acids is 3. The number of hydrogen-bond donors (Lipinski definition) is 0. The Kier molecular flexibility index (Phi) is 8.61. The molecule has 0 unspecified atom stereocenters. The van der Waals surface area contributed by atoms with Crippen LogP contribution in [0.1, 0.15) is 43.0 Å². The third-order valence-corrected chi connectivity index (χ3v) is 8.25. The van der Waals surface area contributed by atoms with Gasteiger partial charge in [0.25, 0.3) is 0 Å². The summed E-state index contributed by atoms with van der Waals surface area (Å²) < 4.78 is 26.7. The van der Waals surface area contributed by atoms with Crippen LogP contribution in [0.2, 0.25) is 0 Å². The smallest absolute Gasteiger partial charge is 0.242 e. The van der Waals surface area contributed by atoms with Gasteiger partial charge in [-0.1, -0.05) is 12.1 Å². The van der Waals surface area contributed by atoms with Crippen LogP contribution in [0, 0.1) is 0 Å². The van der Waals surface area contributed by atoms with Gasteiger partial charge in [-0.05, 0) is 38.3 Å². The molecule has 9 nitrogen and oxygen atoms in total. The molecule has 0 aliphatic carbocycles. The molecule has 2 aliphatic rings. The van der Waals surface area contributed by atoms with Crippen molar-refractivity contribution < 1.29 is 22.8 Å². The average Bonchev–Trinajstić information content (AvgIpc) is 3.34. The molecule has 2 fully saturated rings. The van der Waals surface area contributed by atoms with Crippen molar-refractivity contribution in [3.05, 3.63) is 29.8 Å². The molecular weight excluding hydrogens is 444 g/mol. The van der Waals surface area contributed by atoms with Gasteiger partial charge in [0.2, 0.25) is 21.8 Å². The number of Topliss-reactive ketones (excluding diaryl/α,β-unsaturated/α-hetero) is 1. The van der Waals surface area contributed by atoms with E-state index in [0.29, 0.717) is 44.7 Å². The second kappa shape index (κ2) is 11.2. The molecule has 2 amide bonds. The molecule has 0 spiro atoms. The molecule has 1 aromatic rings. The van der Waals surface area contributed by atoms with Crippen molar-refractivity contribution in [2.24, 2.45) is 0 Å². The summed E-state index contributed by atoms with van der Waals surface area (Å²) in [5, 5.41) is 0. The number of amides is 2. The molecule has 33 heavy (non-hydrogen) atoms. The maximum absolute atomic E-state index is 12.7. The Hall–Kier alpha value is -2.30. The highest BCUT2D eigenvalue weighted by Gasteiger charge is 2.26. The molecule has 0 bridgehead atoms. The van der Waals surface area contributed by atoms with Crippen LogP contribution in [0.5, 0.6) is 0 Å². The predicted molar refractivity (Wildman–Crippen MR) is 124 cm³/mol. The highest BCUT2D eigenvalue weighted by Crippen LogP contribution is 2.16. The monoisotopic (exact) mass is 478 g/mol. The lowest BCUT2D eigenvalue weighted by Crippen LogP contribution is -2.51. The zero-order chi connectivity index (χ0) is 24.0. The zero-order valence-corrected chi connectivity index (χ0v) is 20.3. The van der Waals surface area contributed by atoms with Crippen molar-refractivity contribution in [2.45, 2.75) is 37.5 Å². The van der Waals surface area contributed by atoms with E-state index in [1.165, 1.54) is 42.5 Å². The van der Waals surface area contributed by atoms with Crippen molar-refractivity contribution >= 4 is 27.6 Å². The van der Waals surface area contributed by atoms with Crippen LogP contribution >= 0.6 is 0 Å². The van der Waals surface area contributed by atoms with E-state index in [1.54, 1.807) is 4.90 Å². The average molecular weight is 479 g/mol. The SMILES string of the molecule is CC(=O)c1ccc(S(=O)(=O)N(C)CCCC(=O)N2CCN(CC(=O)N3CCCC3)CC2)cc1. The number of sulfonamides is 1. The molecule has 0 atom stereocenters. The van der Waals surface area contributed by atoms with Gasteiger partial charge >= 0.3 is 0 Å². The first-order valence-corrected chi connectivity index (χ1v) is 13.0. The summed E-state index contributed by atoms with van der Waals surface area (Å²) >= 11 is 0. The minimum atomic E-state index is -3.68. The fraction of sp³-hybridized carbons (Fsp3) is 0.609. The number of nitrogens with zero attached hydrogens (tertiary/aromatic N) is 4. The second-order valence-corrected chi connectivity index (χ2v) is 10.8. The molecule has 2 saturated heterocycles. The lowest BCUT2D eigenvalue weighted by Gasteiger charge is -2.35. The van der Waals surface area contributed by atoms with E-state index in [-0.39, 0.29) is 35.5 Å². The van der Waals surface area contributed by atoms with Crippen LogP contribution < -0.4 is 0 Å². The van der Waals surface area contributed by atoms with Crippen LogP contribution in [0.3, 0.4) is 0 Å². The predicted octanol–water partition coefficient (Wildman–Crippen LogP) is 1.06. The normalized spacial score (nSPS) is 17.5. The van der Waals surface area contributed by atoms with Gasteiger partial charge in [-0.15, -0.1) is 0 Å². The Labute approximate surface area is 196 Å². The summed E-state index contributed by atoms with van der Waals surface area (Å²) in [6.07, 6.45) is 2.86. The molecule has 2 heterocycles. The number of carbonyl (C=O) groups is 3. The Balaban J connectivity index is 1.40. The Morgan fingerprint density at radius 1 is 0.879 bits per heavy atom. The Morgan fingerprint density at radius 3 is 2.03 bits per heavy atom. The summed E-state index contributed by atoms with van der Waals surface area (Å²) in [6.45, 7) is 6.30. The molecule has 0 saturated carbocycles. The number of benzene rings is 1. The lowest BCUT2D eigenvalue weighted by molar-refractivity contribution is -0.134. The fourth-order valence-corrected chi connectivity index (χ4v) is 5.40. The van der Waals surface area contributed by atoms with Crippen LogP contribution in [0.15, 0.2) is 29.2 Å². The Bertz CT molecular complexity index is 950. The first-order valence-electron chi connectivity index (χ1n) is 11.5. The summed E-state index contributed by atoms with van der Waals surface area (Å²) in [5.74, 6) is 0.0643. The van der Waals surface area contributed by atoms with E-state index < -0.39 is 10.0 Å². The quantitative estimate of drug-likeness (QED) is 0.492. The number of likely N-dealkylation sites (tertiary alicyclic amines) is 1. The lowest BCUT2D eigenvalue weighted by atomic mass is 10.2. The fourth-order valence-electron chi connectivity index (χ4n) is 4.19. The Morgan fingerprint density at radius 2 is 1.45 bits per heavy atom. The maximum atomic E-state index is 12.7. The molecule has 0 aromatic heterocycles. The summed E-state index contributed by atoms with van der Waals surface area (Å²) in [5.41, 5.74) is 0.461. The van der Waals surface area contributed by atoms with Crippen molar-refractivity contribution in [1.29, 1.82) is 0 Å². The molecule has 1 aromatic carbocycles. The van der Waals surface area contributed by atoms with Gasteiger partial charge in [0.1, 0.15) is 0 Å². The van der Waals surface area contributed by atoms with E-state index >= 15 is 0 Å². The minimum absolute atomic E-state index is 0.0112. The standard InChI is InChI=1S/C23H34N4O5S/c1-19(28)20-7-9-21(10-8-20)33(31,32)24(2)11-5-6-22(29)27-16-14-25(15-17-27)18-23(30)26-12-3-4-13-26/h7-10H,3-6,11-18H2,1-2H3. The molecule has 0 N–H and O–H groups in total. The summed E-state index contributed by atoms with van der Waals surface area (Å²) in [4.78, 5) is 42.2.